The predicted octanol–water partition coefficient (Wildman–Crippen LogP) is -0.176. The van der Waals surface area contributed by atoms with Crippen molar-refractivity contribution in [1.82, 2.24) is 4.90 Å². The molecule has 1 aliphatic heterocycles. The molecule has 0 aromatic rings. The molecular weight excluding hydrogens is 182 g/mol. The molecule has 0 saturated carbocycles. The van der Waals surface area contributed by atoms with E-state index in [0.717, 1.165) is 13.0 Å². The van der Waals surface area contributed by atoms with Crippen LogP contribution in [0.2, 0.25) is 0 Å². The molecule has 0 aliphatic carbocycles. The quantitative estimate of drug-likeness (QED) is 0.250. The van der Waals surface area contributed by atoms with E-state index in [4.69, 9.17) is 10.9 Å². The van der Waals surface area contributed by atoms with Gasteiger partial charge in [0.15, 0.2) is 5.84 Å². The number of likely N-dealkylation sites (tertiary alicyclic amines) is 1. The molecule has 0 spiro atoms. The van der Waals surface area contributed by atoms with E-state index >= 15 is 0 Å². The number of nitrogens with zero attached hydrogens (tertiary/aromatic N) is 2. The topological polar surface area (TPSA) is 82.1 Å². The van der Waals surface area contributed by atoms with Gasteiger partial charge in [-0.05, 0) is 25.8 Å². The minimum atomic E-state index is -0.308. The summed E-state index contributed by atoms with van der Waals surface area (Å²) in [6, 6.07) is -0.109. The van der Waals surface area contributed by atoms with Crippen molar-refractivity contribution in [3.63, 3.8) is 0 Å². The molecule has 5 heteroatoms. The average Bonchev–Trinajstić information content (AvgIpc) is 2.20. The Bertz CT molecular complexity index is 220. The number of nitrogens with two attached hydrogens (primary N) is 1. The lowest BCUT2D eigenvalue weighted by molar-refractivity contribution is 0.0231. The summed E-state index contributed by atoms with van der Waals surface area (Å²) in [6.45, 7) is 5.39. The lowest BCUT2D eigenvalue weighted by Gasteiger charge is -2.37. The van der Waals surface area contributed by atoms with Gasteiger partial charge in [-0.3, -0.25) is 4.90 Å². The normalized spacial score (nSPS) is 32.9. The van der Waals surface area contributed by atoms with Gasteiger partial charge in [0.2, 0.25) is 0 Å². The first-order valence-electron chi connectivity index (χ1n) is 4.95. The van der Waals surface area contributed by atoms with Crippen LogP contribution in [0.25, 0.3) is 0 Å². The first-order valence-corrected chi connectivity index (χ1v) is 4.95. The van der Waals surface area contributed by atoms with Crippen LogP contribution in [0.3, 0.4) is 0 Å². The van der Waals surface area contributed by atoms with Crippen LogP contribution < -0.4 is 5.73 Å². The van der Waals surface area contributed by atoms with Crippen molar-refractivity contribution in [2.75, 3.05) is 13.1 Å². The van der Waals surface area contributed by atoms with E-state index in [1.54, 1.807) is 0 Å². The zero-order valence-corrected chi connectivity index (χ0v) is 8.72. The molecule has 0 radical (unpaired) electrons. The first kappa shape index (κ1) is 11.3. The van der Waals surface area contributed by atoms with Gasteiger partial charge in [-0.1, -0.05) is 12.1 Å². The highest BCUT2D eigenvalue weighted by Crippen LogP contribution is 2.18. The van der Waals surface area contributed by atoms with Crippen LogP contribution >= 0.6 is 0 Å². The molecule has 1 aliphatic rings. The van der Waals surface area contributed by atoms with Crippen molar-refractivity contribution in [3.8, 4) is 0 Å². The number of amidine groups is 1. The van der Waals surface area contributed by atoms with Gasteiger partial charge in [-0.15, -0.1) is 0 Å². The number of oxime groups is 1. The van der Waals surface area contributed by atoms with E-state index in [1.165, 1.54) is 0 Å². The molecule has 3 atom stereocenters. The Hall–Kier alpha value is -0.810. The number of aliphatic hydroxyl groups excluding tert-OH is 1. The minimum Gasteiger partial charge on any atom is -0.409 e. The molecule has 0 bridgehead atoms. The van der Waals surface area contributed by atoms with Crippen molar-refractivity contribution in [2.45, 2.75) is 32.4 Å². The molecule has 1 fully saturated rings. The summed E-state index contributed by atoms with van der Waals surface area (Å²) in [5, 5.41) is 21.2. The van der Waals surface area contributed by atoms with Crippen molar-refractivity contribution < 1.29 is 10.3 Å². The van der Waals surface area contributed by atoms with E-state index in [0.29, 0.717) is 12.5 Å². The molecule has 3 unspecified atom stereocenters. The number of hydrogen-bond acceptors (Lipinski definition) is 4. The van der Waals surface area contributed by atoms with Crippen molar-refractivity contribution in [3.05, 3.63) is 0 Å². The fourth-order valence-electron chi connectivity index (χ4n) is 1.70. The standard InChI is InChI=1S/C9H19N3O2/c1-6-3-4-12(5-8(6)13)7(2)9(10)11-14/h6-8,13-14H,3-5H2,1-2H3,(H2,10,11). The summed E-state index contributed by atoms with van der Waals surface area (Å²) >= 11 is 0. The molecule has 1 rings (SSSR count). The van der Waals surface area contributed by atoms with Crippen molar-refractivity contribution in [1.29, 1.82) is 0 Å². The Morgan fingerprint density at radius 3 is 2.79 bits per heavy atom. The van der Waals surface area contributed by atoms with Crippen LogP contribution in [0.1, 0.15) is 20.3 Å². The highest BCUT2D eigenvalue weighted by molar-refractivity contribution is 5.84. The third kappa shape index (κ3) is 2.36. The van der Waals surface area contributed by atoms with Gasteiger partial charge in [-0.25, -0.2) is 0 Å². The van der Waals surface area contributed by atoms with Gasteiger partial charge in [-0.2, -0.15) is 0 Å². The summed E-state index contributed by atoms with van der Waals surface area (Å²) in [5.41, 5.74) is 5.50. The van der Waals surface area contributed by atoms with Crippen molar-refractivity contribution in [2.24, 2.45) is 16.8 Å². The van der Waals surface area contributed by atoms with Gasteiger partial charge >= 0.3 is 0 Å². The highest BCUT2D eigenvalue weighted by Gasteiger charge is 2.28. The molecule has 5 nitrogen and oxygen atoms in total. The van der Waals surface area contributed by atoms with Crippen LogP contribution in [0.4, 0.5) is 0 Å². The second-order valence-corrected chi connectivity index (χ2v) is 4.03. The van der Waals surface area contributed by atoms with E-state index < -0.39 is 0 Å². The number of β-amino-alcohol motifs (C(OH)–C–C–N with tert-alkyl or cyclic N) is 1. The van der Waals surface area contributed by atoms with Crippen molar-refractivity contribution >= 4 is 5.84 Å². The second-order valence-electron chi connectivity index (χ2n) is 4.03. The summed E-state index contributed by atoms with van der Waals surface area (Å²) in [4.78, 5) is 2.03. The molecular formula is C9H19N3O2. The zero-order chi connectivity index (χ0) is 10.7. The minimum absolute atomic E-state index is 0.109. The number of aliphatic hydroxyl groups is 1. The van der Waals surface area contributed by atoms with Crippen LogP contribution in [0.15, 0.2) is 5.16 Å². The maximum absolute atomic E-state index is 9.67. The maximum atomic E-state index is 9.67. The monoisotopic (exact) mass is 201 g/mol. The fourth-order valence-corrected chi connectivity index (χ4v) is 1.70. The lowest BCUT2D eigenvalue weighted by atomic mass is 9.95. The fraction of sp³-hybridized carbons (Fsp3) is 0.889. The zero-order valence-electron chi connectivity index (χ0n) is 8.72. The second kappa shape index (κ2) is 4.61. The molecule has 82 valence electrons. The van der Waals surface area contributed by atoms with Crippen LogP contribution in [-0.2, 0) is 0 Å². The molecule has 0 amide bonds. The Labute approximate surface area is 84.2 Å². The van der Waals surface area contributed by atoms with Gasteiger partial charge in [0.25, 0.3) is 0 Å². The summed E-state index contributed by atoms with van der Waals surface area (Å²) in [5.74, 6) is 0.539. The predicted molar refractivity (Wildman–Crippen MR) is 54.2 cm³/mol. The average molecular weight is 201 g/mol. The third-order valence-corrected chi connectivity index (χ3v) is 3.04. The highest BCUT2D eigenvalue weighted by atomic mass is 16.4. The lowest BCUT2D eigenvalue weighted by Crippen LogP contribution is -2.51. The summed E-state index contributed by atoms with van der Waals surface area (Å²) in [6.07, 6.45) is 0.641. The molecule has 4 N–H and O–H groups in total. The smallest absolute Gasteiger partial charge is 0.156 e. The Morgan fingerprint density at radius 2 is 2.29 bits per heavy atom. The SMILES string of the molecule is CC1CCN(C(C)C(N)=NO)CC1O. The third-order valence-electron chi connectivity index (χ3n) is 3.04. The number of hydrogen-bond donors (Lipinski definition) is 3. The van der Waals surface area contributed by atoms with Crippen LogP contribution in [0.5, 0.6) is 0 Å². The molecule has 14 heavy (non-hydrogen) atoms. The summed E-state index contributed by atoms with van der Waals surface area (Å²) in [7, 11) is 0. The molecule has 1 saturated heterocycles. The number of piperidine rings is 1. The van der Waals surface area contributed by atoms with E-state index in [-0.39, 0.29) is 18.0 Å². The van der Waals surface area contributed by atoms with E-state index in [2.05, 4.69) is 5.16 Å². The summed E-state index contributed by atoms with van der Waals surface area (Å²) < 4.78 is 0. The maximum Gasteiger partial charge on any atom is 0.156 e. The Morgan fingerprint density at radius 1 is 1.64 bits per heavy atom. The first-order chi connectivity index (χ1) is 6.56. The molecule has 0 aromatic heterocycles. The van der Waals surface area contributed by atoms with Gasteiger partial charge < -0.3 is 16.0 Å². The molecule has 0 aromatic carbocycles. The molecule has 1 heterocycles. The largest absolute Gasteiger partial charge is 0.409 e. The van der Waals surface area contributed by atoms with Gasteiger partial charge in [0.05, 0.1) is 12.1 Å². The number of rotatable bonds is 2. The van der Waals surface area contributed by atoms with Crippen LogP contribution in [0, 0.1) is 5.92 Å². The van der Waals surface area contributed by atoms with Gasteiger partial charge in [0.1, 0.15) is 0 Å². The van der Waals surface area contributed by atoms with E-state index in [1.807, 2.05) is 18.7 Å². The Balaban J connectivity index is 2.54. The van der Waals surface area contributed by atoms with Crippen LogP contribution in [-0.4, -0.2) is 46.3 Å². The van der Waals surface area contributed by atoms with E-state index in [9.17, 15) is 5.11 Å². The Kier molecular flexibility index (Phi) is 3.71. The van der Waals surface area contributed by atoms with Gasteiger partial charge in [0, 0.05) is 6.54 Å².